The Morgan fingerprint density at radius 2 is 1.92 bits per heavy atom. The Morgan fingerprint density at radius 3 is 2.31 bits per heavy atom. The van der Waals surface area contributed by atoms with Gasteiger partial charge in [-0.25, -0.2) is 0 Å². The molecule has 0 spiro atoms. The molecule has 0 heterocycles. The van der Waals surface area contributed by atoms with Crippen LogP contribution in [0.25, 0.3) is 0 Å². The van der Waals surface area contributed by atoms with Gasteiger partial charge < -0.3 is 0 Å². The summed E-state index contributed by atoms with van der Waals surface area (Å²) in [6, 6.07) is 0.562. The van der Waals surface area contributed by atoms with Gasteiger partial charge in [0.05, 0.1) is 0 Å². The lowest BCUT2D eigenvalue weighted by atomic mass is 10.2. The third-order valence-corrected chi connectivity index (χ3v) is 2.76. The number of hydrogen-bond donors (Lipinski definition) is 0. The highest BCUT2D eigenvalue weighted by atomic mass is 16.1. The fourth-order valence-corrected chi connectivity index (χ4v) is 2.16. The van der Waals surface area contributed by atoms with E-state index in [1.165, 1.54) is 12.8 Å². The van der Waals surface area contributed by atoms with E-state index in [4.69, 9.17) is 0 Å². The highest BCUT2D eigenvalue weighted by Gasteiger charge is 2.26. The summed E-state index contributed by atoms with van der Waals surface area (Å²) in [5, 5.41) is 0. The van der Waals surface area contributed by atoms with Gasteiger partial charge in [-0.2, -0.15) is 0 Å². The molecule has 0 radical (unpaired) electrons. The highest BCUT2D eigenvalue weighted by Crippen LogP contribution is 2.21. The second kappa shape index (κ2) is 5.38. The summed E-state index contributed by atoms with van der Waals surface area (Å²) in [7, 11) is 0. The molecule has 1 rings (SSSR count). The van der Waals surface area contributed by atoms with Gasteiger partial charge in [-0.1, -0.05) is 13.8 Å². The minimum Gasteiger partial charge on any atom is -0.300 e. The second-order valence-corrected chi connectivity index (χ2v) is 3.97. The molecule has 1 aliphatic rings. The number of ketones is 1. The van der Waals surface area contributed by atoms with Crippen molar-refractivity contribution in [3.63, 3.8) is 0 Å². The number of carbonyl (C=O) groups excluding carboxylic acids is 1. The van der Waals surface area contributed by atoms with Crippen LogP contribution < -0.4 is 0 Å². The van der Waals surface area contributed by atoms with Crippen LogP contribution in [0.3, 0.4) is 0 Å². The largest absolute Gasteiger partial charge is 0.300 e. The number of rotatable bonds is 5. The molecule has 2 nitrogen and oxygen atoms in total. The molecule has 0 bridgehead atoms. The fourth-order valence-electron chi connectivity index (χ4n) is 2.16. The van der Waals surface area contributed by atoms with Crippen LogP contribution in [0.5, 0.6) is 0 Å². The second-order valence-electron chi connectivity index (χ2n) is 3.97. The first-order valence-corrected chi connectivity index (χ1v) is 5.53. The maximum atomic E-state index is 11.1. The van der Waals surface area contributed by atoms with Crippen molar-refractivity contribution in [2.45, 2.75) is 52.0 Å². The van der Waals surface area contributed by atoms with Crippen LogP contribution in [0, 0.1) is 0 Å². The van der Waals surface area contributed by atoms with Crippen LogP contribution in [-0.4, -0.2) is 29.8 Å². The van der Waals surface area contributed by atoms with Crippen molar-refractivity contribution in [2.75, 3.05) is 13.1 Å². The van der Waals surface area contributed by atoms with E-state index in [1.807, 2.05) is 0 Å². The number of nitrogens with zero attached hydrogens (tertiary/aromatic N) is 1. The molecule has 2 heteroatoms. The molecule has 0 aliphatic heterocycles. The van der Waals surface area contributed by atoms with Crippen molar-refractivity contribution in [1.29, 1.82) is 0 Å². The lowest BCUT2D eigenvalue weighted by Crippen LogP contribution is -2.34. The maximum Gasteiger partial charge on any atom is 0.134 e. The van der Waals surface area contributed by atoms with Crippen molar-refractivity contribution < 1.29 is 4.79 Å². The van der Waals surface area contributed by atoms with Crippen LogP contribution in [0.2, 0.25) is 0 Å². The maximum absolute atomic E-state index is 11.1. The summed E-state index contributed by atoms with van der Waals surface area (Å²) in [6.07, 6.45) is 5.11. The van der Waals surface area contributed by atoms with Gasteiger partial charge in [0.2, 0.25) is 0 Å². The van der Waals surface area contributed by atoms with E-state index < -0.39 is 0 Å². The van der Waals surface area contributed by atoms with Crippen LogP contribution in [-0.2, 0) is 4.79 Å². The number of carbonyl (C=O) groups is 1. The number of Topliss-reactive ketones (excluding diaryl/α,β-unsaturated/α-hetero) is 1. The Kier molecular flexibility index (Phi) is 4.43. The molecule has 0 aromatic heterocycles. The standard InChI is InChI=1S/C11H21NO/c1-3-7-12(8-4-2)10-5-6-11(13)9-10/h10H,3-9H2,1-2H3. The van der Waals surface area contributed by atoms with Gasteiger partial charge in [0.25, 0.3) is 0 Å². The topological polar surface area (TPSA) is 20.3 Å². The Balaban J connectivity index is 2.39. The van der Waals surface area contributed by atoms with Gasteiger partial charge >= 0.3 is 0 Å². The van der Waals surface area contributed by atoms with E-state index in [1.54, 1.807) is 0 Å². The minimum absolute atomic E-state index is 0.460. The summed E-state index contributed by atoms with van der Waals surface area (Å²) in [6.45, 7) is 6.73. The summed E-state index contributed by atoms with van der Waals surface area (Å²) in [4.78, 5) is 13.6. The van der Waals surface area contributed by atoms with Crippen molar-refractivity contribution in [1.82, 2.24) is 4.90 Å². The van der Waals surface area contributed by atoms with Gasteiger partial charge in [-0.05, 0) is 32.4 Å². The Bertz CT molecular complexity index is 161. The Morgan fingerprint density at radius 1 is 1.31 bits per heavy atom. The monoisotopic (exact) mass is 183 g/mol. The Labute approximate surface area is 81.3 Å². The predicted molar refractivity (Wildman–Crippen MR) is 54.8 cm³/mol. The predicted octanol–water partition coefficient (Wildman–Crippen LogP) is 2.23. The molecule has 13 heavy (non-hydrogen) atoms. The molecule has 0 N–H and O–H groups in total. The van der Waals surface area contributed by atoms with E-state index in [-0.39, 0.29) is 0 Å². The SMILES string of the molecule is CCCN(CCC)C1CCC(=O)C1. The smallest absolute Gasteiger partial charge is 0.134 e. The van der Waals surface area contributed by atoms with Crippen LogP contribution in [0.1, 0.15) is 46.0 Å². The normalized spacial score (nSPS) is 23.0. The minimum atomic E-state index is 0.460. The zero-order chi connectivity index (χ0) is 9.68. The first-order valence-electron chi connectivity index (χ1n) is 5.53. The molecular weight excluding hydrogens is 162 g/mol. The van der Waals surface area contributed by atoms with Gasteiger partial charge in [0.15, 0.2) is 0 Å². The molecule has 1 atom stereocenters. The first kappa shape index (κ1) is 10.7. The average Bonchev–Trinajstić information content (AvgIpc) is 2.51. The van der Waals surface area contributed by atoms with Crippen LogP contribution >= 0.6 is 0 Å². The van der Waals surface area contributed by atoms with Gasteiger partial charge in [0.1, 0.15) is 5.78 Å². The number of hydrogen-bond acceptors (Lipinski definition) is 2. The lowest BCUT2D eigenvalue weighted by Gasteiger charge is -2.27. The van der Waals surface area contributed by atoms with E-state index in [0.29, 0.717) is 11.8 Å². The Hall–Kier alpha value is -0.370. The fraction of sp³-hybridized carbons (Fsp3) is 0.909. The van der Waals surface area contributed by atoms with Crippen LogP contribution in [0.15, 0.2) is 0 Å². The molecule has 0 aromatic carbocycles. The third-order valence-electron chi connectivity index (χ3n) is 2.76. The molecule has 1 aliphatic carbocycles. The first-order chi connectivity index (χ1) is 6.27. The van der Waals surface area contributed by atoms with Crippen molar-refractivity contribution in [3.05, 3.63) is 0 Å². The van der Waals surface area contributed by atoms with Gasteiger partial charge in [0, 0.05) is 18.9 Å². The van der Waals surface area contributed by atoms with E-state index in [9.17, 15) is 4.79 Å². The molecule has 1 saturated carbocycles. The highest BCUT2D eigenvalue weighted by molar-refractivity contribution is 5.81. The molecule has 0 amide bonds. The molecule has 76 valence electrons. The molecular formula is C11H21NO. The lowest BCUT2D eigenvalue weighted by molar-refractivity contribution is -0.117. The summed E-state index contributed by atoms with van der Waals surface area (Å²) in [5.41, 5.74) is 0. The molecule has 1 unspecified atom stereocenters. The van der Waals surface area contributed by atoms with Crippen molar-refractivity contribution in [2.24, 2.45) is 0 Å². The van der Waals surface area contributed by atoms with Crippen LogP contribution in [0.4, 0.5) is 0 Å². The molecule has 1 fully saturated rings. The summed E-state index contributed by atoms with van der Waals surface area (Å²) < 4.78 is 0. The van der Waals surface area contributed by atoms with Gasteiger partial charge in [-0.3, -0.25) is 9.69 Å². The zero-order valence-corrected chi connectivity index (χ0v) is 8.88. The van der Waals surface area contributed by atoms with Crippen molar-refractivity contribution in [3.8, 4) is 0 Å². The van der Waals surface area contributed by atoms with E-state index in [0.717, 1.165) is 32.4 Å². The summed E-state index contributed by atoms with van der Waals surface area (Å²) in [5.74, 6) is 0.460. The van der Waals surface area contributed by atoms with Crippen molar-refractivity contribution >= 4 is 5.78 Å². The molecule has 0 aromatic rings. The van der Waals surface area contributed by atoms with Gasteiger partial charge in [-0.15, -0.1) is 0 Å². The third kappa shape index (κ3) is 3.11. The average molecular weight is 183 g/mol. The zero-order valence-electron chi connectivity index (χ0n) is 8.88. The summed E-state index contributed by atoms with van der Waals surface area (Å²) >= 11 is 0. The van der Waals surface area contributed by atoms with E-state index >= 15 is 0 Å². The van der Waals surface area contributed by atoms with E-state index in [2.05, 4.69) is 18.7 Å². The molecule has 0 saturated heterocycles. The quantitative estimate of drug-likeness (QED) is 0.651.